The SMILES string of the molecule is CN1C(=O)C(C)(CC(Cl)(Cl)Cl)c2cc(F)ccc21. The Bertz CT molecular complexity index is 515. The van der Waals surface area contributed by atoms with E-state index >= 15 is 0 Å². The maximum Gasteiger partial charge on any atom is 0.237 e. The van der Waals surface area contributed by atoms with Gasteiger partial charge in [0.1, 0.15) is 5.82 Å². The van der Waals surface area contributed by atoms with Gasteiger partial charge in [-0.3, -0.25) is 4.79 Å². The molecule has 1 heterocycles. The summed E-state index contributed by atoms with van der Waals surface area (Å²) in [5, 5.41) is 0. The van der Waals surface area contributed by atoms with Crippen LogP contribution in [0.15, 0.2) is 18.2 Å². The number of carbonyl (C=O) groups excluding carboxylic acids is 1. The first-order valence-electron chi connectivity index (χ1n) is 5.30. The molecule has 0 saturated heterocycles. The summed E-state index contributed by atoms with van der Waals surface area (Å²) in [6.07, 6.45) is 0.00426. The van der Waals surface area contributed by atoms with E-state index in [-0.39, 0.29) is 12.3 Å². The highest BCUT2D eigenvalue weighted by Crippen LogP contribution is 2.48. The topological polar surface area (TPSA) is 20.3 Å². The second-order valence-electron chi connectivity index (χ2n) is 4.65. The Hall–Kier alpha value is -0.510. The normalized spacial score (nSPS) is 23.4. The van der Waals surface area contributed by atoms with Gasteiger partial charge in [0.25, 0.3) is 0 Å². The molecule has 1 aromatic carbocycles. The third-order valence-electron chi connectivity index (χ3n) is 3.25. The summed E-state index contributed by atoms with van der Waals surface area (Å²) in [7, 11) is 1.63. The third kappa shape index (κ3) is 2.20. The minimum atomic E-state index is -1.57. The standard InChI is InChI=1S/C12H11Cl3FNO/c1-11(6-12(13,14)15)8-5-7(16)3-4-9(8)17(2)10(11)18/h3-5H,6H2,1-2H3. The van der Waals surface area contributed by atoms with Crippen LogP contribution in [0, 0.1) is 5.82 Å². The molecular formula is C12H11Cl3FNO. The van der Waals surface area contributed by atoms with E-state index in [9.17, 15) is 9.18 Å². The van der Waals surface area contributed by atoms with Gasteiger partial charge in [-0.25, -0.2) is 4.39 Å². The van der Waals surface area contributed by atoms with E-state index in [1.165, 1.54) is 17.0 Å². The minimum absolute atomic E-state index is 0.00426. The lowest BCUT2D eigenvalue weighted by atomic mass is 9.81. The number of hydrogen-bond donors (Lipinski definition) is 0. The van der Waals surface area contributed by atoms with Crippen LogP contribution in [0.25, 0.3) is 0 Å². The van der Waals surface area contributed by atoms with E-state index < -0.39 is 15.0 Å². The molecule has 98 valence electrons. The van der Waals surface area contributed by atoms with Crippen molar-refractivity contribution >= 4 is 46.4 Å². The summed E-state index contributed by atoms with van der Waals surface area (Å²) in [5.41, 5.74) is 0.191. The van der Waals surface area contributed by atoms with Crippen molar-refractivity contribution in [3.05, 3.63) is 29.6 Å². The molecule has 2 nitrogen and oxygen atoms in total. The lowest BCUT2D eigenvalue weighted by Crippen LogP contribution is -2.38. The van der Waals surface area contributed by atoms with Gasteiger partial charge < -0.3 is 4.90 Å². The Morgan fingerprint density at radius 3 is 2.56 bits per heavy atom. The zero-order valence-electron chi connectivity index (χ0n) is 9.81. The van der Waals surface area contributed by atoms with Gasteiger partial charge in [-0.1, -0.05) is 34.8 Å². The van der Waals surface area contributed by atoms with Crippen molar-refractivity contribution in [1.29, 1.82) is 0 Å². The van der Waals surface area contributed by atoms with E-state index in [1.54, 1.807) is 20.0 Å². The molecule has 1 amide bonds. The fourth-order valence-corrected chi connectivity index (χ4v) is 3.21. The molecule has 6 heteroatoms. The predicted molar refractivity (Wildman–Crippen MR) is 72.1 cm³/mol. The number of alkyl halides is 3. The van der Waals surface area contributed by atoms with Crippen molar-refractivity contribution in [3.8, 4) is 0 Å². The van der Waals surface area contributed by atoms with Crippen LogP contribution in [0.3, 0.4) is 0 Å². The molecule has 0 aliphatic carbocycles. The summed E-state index contributed by atoms with van der Waals surface area (Å²) >= 11 is 17.4. The first-order chi connectivity index (χ1) is 8.15. The number of anilines is 1. The molecule has 0 aromatic heterocycles. The molecule has 0 spiro atoms. The number of halogens is 4. The predicted octanol–water partition coefficient (Wildman–Crippen LogP) is 3.82. The van der Waals surface area contributed by atoms with Gasteiger partial charge in [0.2, 0.25) is 5.91 Å². The van der Waals surface area contributed by atoms with E-state index in [0.29, 0.717) is 11.3 Å². The van der Waals surface area contributed by atoms with Crippen molar-refractivity contribution in [2.24, 2.45) is 0 Å². The van der Waals surface area contributed by atoms with Crippen LogP contribution in [-0.2, 0) is 10.2 Å². The number of nitrogens with zero attached hydrogens (tertiary/aromatic N) is 1. The highest BCUT2D eigenvalue weighted by molar-refractivity contribution is 6.67. The zero-order chi connectivity index (χ0) is 13.7. The molecule has 2 rings (SSSR count). The zero-order valence-corrected chi connectivity index (χ0v) is 12.1. The summed E-state index contributed by atoms with van der Waals surface area (Å²) in [6, 6.07) is 4.20. The lowest BCUT2D eigenvalue weighted by Gasteiger charge is -2.27. The van der Waals surface area contributed by atoms with Crippen molar-refractivity contribution in [1.82, 2.24) is 0 Å². The molecule has 0 N–H and O–H groups in total. The number of fused-ring (bicyclic) bond motifs is 1. The number of hydrogen-bond acceptors (Lipinski definition) is 1. The Kier molecular flexibility index (Phi) is 3.29. The van der Waals surface area contributed by atoms with Crippen LogP contribution < -0.4 is 4.90 Å². The Labute approximate surface area is 120 Å². The van der Waals surface area contributed by atoms with Crippen LogP contribution in [0.4, 0.5) is 10.1 Å². The van der Waals surface area contributed by atoms with Crippen LogP contribution in [0.1, 0.15) is 18.9 Å². The van der Waals surface area contributed by atoms with Gasteiger partial charge in [-0.15, -0.1) is 0 Å². The van der Waals surface area contributed by atoms with Crippen molar-refractivity contribution in [3.63, 3.8) is 0 Å². The monoisotopic (exact) mass is 309 g/mol. The maximum atomic E-state index is 13.4. The summed E-state index contributed by atoms with van der Waals surface area (Å²) < 4.78 is 11.8. The van der Waals surface area contributed by atoms with Gasteiger partial charge in [-0.2, -0.15) is 0 Å². The molecule has 1 aliphatic heterocycles. The molecule has 1 aromatic rings. The van der Waals surface area contributed by atoms with E-state index in [1.807, 2.05) is 0 Å². The van der Waals surface area contributed by atoms with Crippen molar-refractivity contribution in [2.75, 3.05) is 11.9 Å². The molecular weight excluding hydrogens is 299 g/mol. The number of benzene rings is 1. The first kappa shape index (κ1) is 13.9. The highest BCUT2D eigenvalue weighted by Gasteiger charge is 2.49. The van der Waals surface area contributed by atoms with Crippen LogP contribution >= 0.6 is 34.8 Å². The fourth-order valence-electron chi connectivity index (χ4n) is 2.41. The molecule has 1 unspecified atom stereocenters. The van der Waals surface area contributed by atoms with Gasteiger partial charge in [0, 0.05) is 19.2 Å². The van der Waals surface area contributed by atoms with Crippen molar-refractivity contribution in [2.45, 2.75) is 22.6 Å². The maximum absolute atomic E-state index is 13.4. The largest absolute Gasteiger partial charge is 0.314 e. The minimum Gasteiger partial charge on any atom is -0.314 e. The van der Waals surface area contributed by atoms with Gasteiger partial charge in [0.05, 0.1) is 5.41 Å². The van der Waals surface area contributed by atoms with Gasteiger partial charge in [0.15, 0.2) is 3.79 Å². The Morgan fingerprint density at radius 1 is 1.39 bits per heavy atom. The first-order valence-corrected chi connectivity index (χ1v) is 6.43. The van der Waals surface area contributed by atoms with Crippen LogP contribution in [-0.4, -0.2) is 16.7 Å². The molecule has 0 radical (unpaired) electrons. The average molecular weight is 311 g/mol. The van der Waals surface area contributed by atoms with Crippen molar-refractivity contribution < 1.29 is 9.18 Å². The molecule has 0 saturated carbocycles. The molecule has 0 fully saturated rings. The summed E-state index contributed by atoms with van der Waals surface area (Å²) in [5.74, 6) is -0.609. The summed E-state index contributed by atoms with van der Waals surface area (Å²) in [4.78, 5) is 13.8. The van der Waals surface area contributed by atoms with Gasteiger partial charge >= 0.3 is 0 Å². The Morgan fingerprint density at radius 2 is 2.00 bits per heavy atom. The van der Waals surface area contributed by atoms with Crippen LogP contribution in [0.2, 0.25) is 0 Å². The fraction of sp³-hybridized carbons (Fsp3) is 0.417. The van der Waals surface area contributed by atoms with Gasteiger partial charge in [-0.05, 0) is 30.7 Å². The molecule has 0 bridgehead atoms. The second kappa shape index (κ2) is 4.26. The third-order valence-corrected chi connectivity index (χ3v) is 3.65. The number of likely N-dealkylation sites (N-methyl/N-ethyl adjacent to an activating group) is 1. The molecule has 1 atom stereocenters. The summed E-state index contributed by atoms with van der Waals surface area (Å²) in [6.45, 7) is 1.67. The van der Waals surface area contributed by atoms with E-state index in [4.69, 9.17) is 34.8 Å². The number of rotatable bonds is 1. The Balaban J connectivity index is 2.57. The number of carbonyl (C=O) groups is 1. The lowest BCUT2D eigenvalue weighted by molar-refractivity contribution is -0.122. The van der Waals surface area contributed by atoms with E-state index in [0.717, 1.165) is 0 Å². The van der Waals surface area contributed by atoms with Crippen LogP contribution in [0.5, 0.6) is 0 Å². The highest BCUT2D eigenvalue weighted by atomic mass is 35.6. The van der Waals surface area contributed by atoms with E-state index in [2.05, 4.69) is 0 Å². The smallest absolute Gasteiger partial charge is 0.237 e. The average Bonchev–Trinajstić information content (AvgIpc) is 2.39. The quantitative estimate of drug-likeness (QED) is 0.722. The molecule has 18 heavy (non-hydrogen) atoms. The molecule has 1 aliphatic rings. The number of amides is 1. The second-order valence-corrected chi connectivity index (χ2v) is 7.17.